The van der Waals surface area contributed by atoms with E-state index in [1.165, 1.54) is 19.3 Å². The van der Waals surface area contributed by atoms with Crippen LogP contribution < -0.4 is 3.89 Å². The van der Waals surface area contributed by atoms with Crippen molar-refractivity contribution in [3.05, 3.63) is 58.2 Å². The zero-order chi connectivity index (χ0) is 20.3. The number of likely N-dealkylation sites (N-methyl/N-ethyl adjacent to an activating group) is 1. The third-order valence-corrected chi connectivity index (χ3v) is 8.47. The van der Waals surface area contributed by atoms with Gasteiger partial charge in [0.15, 0.2) is 4.90 Å². The van der Waals surface area contributed by atoms with Crippen molar-refractivity contribution < 1.29 is 23.1 Å². The molecule has 4 rings (SSSR count). The van der Waals surface area contributed by atoms with Crippen LogP contribution in [0.25, 0.3) is 15.8 Å². The Hall–Kier alpha value is -2.46. The highest BCUT2D eigenvalue weighted by atomic mass is 35.5. The standard InChI is InChI=1S/C18H13ClN2O5S2/c1-21(13-5-3-4-8-20-13)14(18(23)26-2)15(22)16-17(28(21,24)25)11-7-6-10(19)9-12(11)27-16/h3-9H,1-2H3/p+1. The van der Waals surface area contributed by atoms with E-state index in [2.05, 4.69) is 4.98 Å². The first kappa shape index (κ1) is 18.9. The van der Waals surface area contributed by atoms with Crippen LogP contribution in [0.5, 0.6) is 0 Å². The smallest absolute Gasteiger partial charge is 0.398 e. The Labute approximate surface area is 169 Å². The predicted octanol–water partition coefficient (Wildman–Crippen LogP) is 3.69. The molecule has 0 spiro atoms. The summed E-state index contributed by atoms with van der Waals surface area (Å²) in [5.41, 5.74) is -0.425. The molecule has 2 aromatic heterocycles. The summed E-state index contributed by atoms with van der Waals surface area (Å²) in [6.45, 7) is 0. The van der Waals surface area contributed by atoms with E-state index in [-0.39, 0.29) is 15.6 Å². The number of benzene rings is 1. The summed E-state index contributed by atoms with van der Waals surface area (Å²) in [6.07, 6.45) is 1.42. The normalized spacial score (nSPS) is 20.8. The molecular formula is C18H14ClN2O5S2+. The molecule has 1 atom stereocenters. The lowest BCUT2D eigenvalue weighted by Gasteiger charge is -2.34. The molecule has 28 heavy (non-hydrogen) atoms. The summed E-state index contributed by atoms with van der Waals surface area (Å²) < 4.78 is 32.0. The number of esters is 1. The van der Waals surface area contributed by atoms with Gasteiger partial charge >= 0.3 is 16.0 Å². The minimum absolute atomic E-state index is 0.0495. The molecule has 1 unspecified atom stereocenters. The quantitative estimate of drug-likeness (QED) is 0.485. The van der Waals surface area contributed by atoms with E-state index in [1.807, 2.05) is 0 Å². The lowest BCUT2D eigenvalue weighted by molar-refractivity contribution is -0.137. The number of pyridine rings is 1. The van der Waals surface area contributed by atoms with Crippen LogP contribution in [0.2, 0.25) is 5.02 Å². The Kier molecular flexibility index (Phi) is 4.23. The van der Waals surface area contributed by atoms with Crippen LogP contribution in [-0.2, 0) is 19.6 Å². The summed E-state index contributed by atoms with van der Waals surface area (Å²) in [4.78, 5) is 16.7. The van der Waals surface area contributed by atoms with Gasteiger partial charge in [0, 0.05) is 27.4 Å². The maximum atomic E-state index is 13.8. The summed E-state index contributed by atoms with van der Waals surface area (Å²) in [7, 11) is -1.83. The number of aromatic nitrogens is 1. The molecule has 0 amide bonds. The van der Waals surface area contributed by atoms with Crippen molar-refractivity contribution in [2.75, 3.05) is 14.2 Å². The van der Waals surface area contributed by atoms with Gasteiger partial charge in [-0.1, -0.05) is 23.7 Å². The van der Waals surface area contributed by atoms with Gasteiger partial charge in [-0.25, -0.2) is 9.78 Å². The molecule has 0 saturated heterocycles. The van der Waals surface area contributed by atoms with Crippen molar-refractivity contribution >= 4 is 60.6 Å². The number of rotatable bonds is 2. The molecule has 0 bridgehead atoms. The minimum Gasteiger partial charge on any atom is -0.501 e. The first-order valence-electron chi connectivity index (χ1n) is 8.01. The fourth-order valence-electron chi connectivity index (χ4n) is 3.28. The number of methoxy groups -OCH3 is 1. The van der Waals surface area contributed by atoms with E-state index in [4.69, 9.17) is 16.3 Å². The Balaban J connectivity index is 2.20. The first-order chi connectivity index (χ1) is 13.2. The second-order valence-corrected chi connectivity index (χ2v) is 9.75. The van der Waals surface area contributed by atoms with E-state index < -0.39 is 31.3 Å². The van der Waals surface area contributed by atoms with Gasteiger partial charge in [-0.05, 0) is 18.2 Å². The fourth-order valence-corrected chi connectivity index (χ4v) is 7.01. The van der Waals surface area contributed by atoms with E-state index in [0.29, 0.717) is 15.1 Å². The maximum absolute atomic E-state index is 13.8. The van der Waals surface area contributed by atoms with Crippen LogP contribution in [0, 0.1) is 0 Å². The number of aliphatic hydroxyl groups is 1. The molecule has 1 N–H and O–H groups in total. The number of carbonyl (C=O) groups excluding carboxylic acids is 1. The molecule has 7 nitrogen and oxygen atoms in total. The minimum atomic E-state index is -4.25. The van der Waals surface area contributed by atoms with E-state index in [1.54, 1.807) is 30.3 Å². The number of nitrogens with zero attached hydrogens (tertiary/aromatic N) is 2. The predicted molar refractivity (Wildman–Crippen MR) is 108 cm³/mol. The number of quaternary nitrogens is 1. The number of sulfonamides is 1. The highest BCUT2D eigenvalue weighted by Crippen LogP contribution is 2.49. The molecule has 1 aromatic carbocycles. The highest BCUT2D eigenvalue weighted by molar-refractivity contribution is 7.91. The number of carbonyl (C=O) groups is 1. The third-order valence-electron chi connectivity index (χ3n) is 4.68. The van der Waals surface area contributed by atoms with E-state index in [9.17, 15) is 18.3 Å². The van der Waals surface area contributed by atoms with Gasteiger partial charge in [-0.2, -0.15) is 8.42 Å². The second kappa shape index (κ2) is 6.28. The van der Waals surface area contributed by atoms with Crippen molar-refractivity contribution in [3.63, 3.8) is 0 Å². The largest absolute Gasteiger partial charge is 0.501 e. The van der Waals surface area contributed by atoms with Crippen molar-refractivity contribution in [2.45, 2.75) is 4.90 Å². The number of halogens is 1. The van der Waals surface area contributed by atoms with Crippen LogP contribution in [0.3, 0.4) is 0 Å². The Morgan fingerprint density at radius 2 is 2.04 bits per heavy atom. The molecule has 0 radical (unpaired) electrons. The van der Waals surface area contributed by atoms with Crippen LogP contribution in [0.4, 0.5) is 5.82 Å². The van der Waals surface area contributed by atoms with Gasteiger partial charge in [0.1, 0.15) is 4.88 Å². The lowest BCUT2D eigenvalue weighted by Crippen LogP contribution is -2.54. The first-order valence-corrected chi connectivity index (χ1v) is 10.6. The summed E-state index contributed by atoms with van der Waals surface area (Å²) >= 11 is 7.08. The van der Waals surface area contributed by atoms with Gasteiger partial charge in [0.05, 0.1) is 14.2 Å². The lowest BCUT2D eigenvalue weighted by atomic mass is 10.2. The zero-order valence-electron chi connectivity index (χ0n) is 14.7. The Morgan fingerprint density at radius 3 is 2.68 bits per heavy atom. The molecule has 1 aliphatic heterocycles. The molecule has 3 aromatic rings. The molecule has 3 heterocycles. The molecule has 1 aliphatic rings. The van der Waals surface area contributed by atoms with Crippen LogP contribution in [0.1, 0.15) is 4.88 Å². The molecule has 0 aliphatic carbocycles. The third kappa shape index (κ3) is 2.34. The highest BCUT2D eigenvalue weighted by Gasteiger charge is 2.58. The molecular weight excluding hydrogens is 424 g/mol. The molecule has 0 fully saturated rings. The van der Waals surface area contributed by atoms with E-state index in [0.717, 1.165) is 18.4 Å². The summed E-state index contributed by atoms with van der Waals surface area (Å²) in [6, 6.07) is 9.49. The average molecular weight is 438 g/mol. The summed E-state index contributed by atoms with van der Waals surface area (Å²) in [5.74, 6) is -1.37. The Bertz CT molecular complexity index is 1270. The van der Waals surface area contributed by atoms with Crippen molar-refractivity contribution in [2.24, 2.45) is 0 Å². The number of hydrogen-bond donors (Lipinski definition) is 1. The summed E-state index contributed by atoms with van der Waals surface area (Å²) in [5, 5.41) is 11.8. The number of ether oxygens (including phenoxy) is 1. The fraction of sp³-hybridized carbons (Fsp3) is 0.111. The topological polar surface area (TPSA) is 93.6 Å². The van der Waals surface area contributed by atoms with E-state index >= 15 is 0 Å². The number of aliphatic hydroxyl groups excluding tert-OH is 1. The van der Waals surface area contributed by atoms with Crippen LogP contribution in [-0.4, -0.2) is 38.6 Å². The Morgan fingerprint density at radius 1 is 1.29 bits per heavy atom. The molecule has 144 valence electrons. The number of thiophene rings is 1. The number of fused-ring (bicyclic) bond motifs is 3. The van der Waals surface area contributed by atoms with Crippen LogP contribution in [0.15, 0.2) is 53.2 Å². The zero-order valence-corrected chi connectivity index (χ0v) is 17.1. The van der Waals surface area contributed by atoms with Gasteiger partial charge < -0.3 is 9.84 Å². The van der Waals surface area contributed by atoms with Gasteiger partial charge in [-0.15, -0.1) is 15.2 Å². The van der Waals surface area contributed by atoms with Gasteiger partial charge in [0.2, 0.25) is 11.6 Å². The van der Waals surface area contributed by atoms with Crippen molar-refractivity contribution in [1.29, 1.82) is 0 Å². The van der Waals surface area contributed by atoms with Gasteiger partial charge in [0.25, 0.3) is 5.70 Å². The second-order valence-electron chi connectivity index (χ2n) is 6.18. The van der Waals surface area contributed by atoms with Gasteiger partial charge in [-0.3, -0.25) is 0 Å². The molecule has 0 saturated carbocycles. The SMILES string of the molecule is COC(=O)C1=C(O)c2sc3cc(Cl)ccc3c2S(=O)(=O)[N+]1(C)c1ccccn1. The monoisotopic (exact) mass is 437 g/mol. The van der Waals surface area contributed by atoms with Crippen LogP contribution >= 0.6 is 22.9 Å². The number of hydrogen-bond acceptors (Lipinski definition) is 7. The van der Waals surface area contributed by atoms with Crippen molar-refractivity contribution in [1.82, 2.24) is 8.87 Å². The average Bonchev–Trinajstić information content (AvgIpc) is 3.07. The molecule has 10 heteroatoms. The maximum Gasteiger partial charge on any atom is 0.398 e. The van der Waals surface area contributed by atoms with Crippen molar-refractivity contribution in [3.8, 4) is 0 Å².